The number of amides is 1. The summed E-state index contributed by atoms with van der Waals surface area (Å²) in [5.41, 5.74) is 4.87. The van der Waals surface area contributed by atoms with Crippen molar-refractivity contribution in [2.24, 2.45) is 5.10 Å². The number of nitrogens with zero attached hydrogens (tertiary/aromatic N) is 2. The van der Waals surface area contributed by atoms with Crippen LogP contribution in [-0.4, -0.2) is 23.7 Å². The summed E-state index contributed by atoms with van der Waals surface area (Å²) in [7, 11) is 0. The first-order valence-corrected chi connectivity index (χ1v) is 10.0. The van der Waals surface area contributed by atoms with Crippen LogP contribution in [0, 0.1) is 10.1 Å². The quantitative estimate of drug-likeness (QED) is 0.292. The van der Waals surface area contributed by atoms with Gasteiger partial charge in [-0.3, -0.25) is 14.9 Å². The number of nitro groups is 1. The van der Waals surface area contributed by atoms with Crippen molar-refractivity contribution in [1.29, 1.82) is 0 Å². The summed E-state index contributed by atoms with van der Waals surface area (Å²) < 4.78 is 11.6. The summed E-state index contributed by atoms with van der Waals surface area (Å²) >= 11 is 0. The molecule has 0 aliphatic rings. The molecule has 0 atom stereocenters. The Morgan fingerprint density at radius 3 is 2.44 bits per heavy atom. The zero-order valence-electron chi connectivity index (χ0n) is 17.6. The molecule has 0 heterocycles. The zero-order chi connectivity index (χ0) is 22.8. The third kappa shape index (κ3) is 6.66. The van der Waals surface area contributed by atoms with Crippen LogP contribution in [0.15, 0.2) is 77.9 Å². The van der Waals surface area contributed by atoms with Gasteiger partial charge >= 0.3 is 0 Å². The van der Waals surface area contributed by atoms with Crippen molar-refractivity contribution in [3.8, 4) is 11.5 Å². The number of hydrogen-bond acceptors (Lipinski definition) is 6. The number of benzene rings is 3. The molecule has 8 nitrogen and oxygen atoms in total. The van der Waals surface area contributed by atoms with Crippen molar-refractivity contribution in [3.05, 3.63) is 99.6 Å². The third-order valence-corrected chi connectivity index (χ3v) is 4.42. The summed E-state index contributed by atoms with van der Waals surface area (Å²) in [5.74, 6) is 0.877. The molecule has 32 heavy (non-hydrogen) atoms. The highest BCUT2D eigenvalue weighted by atomic mass is 16.6. The molecule has 0 unspecified atom stereocenters. The topological polar surface area (TPSA) is 103 Å². The maximum atomic E-state index is 12.1. The predicted molar refractivity (Wildman–Crippen MR) is 121 cm³/mol. The van der Waals surface area contributed by atoms with Crippen LogP contribution in [0.25, 0.3) is 0 Å². The number of rotatable bonds is 10. The Balaban J connectivity index is 1.57. The van der Waals surface area contributed by atoms with Gasteiger partial charge in [0.1, 0.15) is 6.61 Å². The minimum atomic E-state index is -0.483. The van der Waals surface area contributed by atoms with Gasteiger partial charge in [-0.25, -0.2) is 5.43 Å². The van der Waals surface area contributed by atoms with Crippen molar-refractivity contribution in [2.75, 3.05) is 6.61 Å². The zero-order valence-corrected chi connectivity index (χ0v) is 17.6. The normalized spacial score (nSPS) is 10.7. The molecule has 0 aliphatic carbocycles. The van der Waals surface area contributed by atoms with E-state index in [1.54, 1.807) is 24.3 Å². The highest BCUT2D eigenvalue weighted by Gasteiger charge is 2.08. The second-order valence-corrected chi connectivity index (χ2v) is 6.81. The van der Waals surface area contributed by atoms with Crippen LogP contribution in [0.1, 0.15) is 23.6 Å². The third-order valence-electron chi connectivity index (χ3n) is 4.42. The van der Waals surface area contributed by atoms with Crippen LogP contribution in [0.2, 0.25) is 0 Å². The van der Waals surface area contributed by atoms with Crippen LogP contribution in [-0.2, 0) is 17.8 Å². The summed E-state index contributed by atoms with van der Waals surface area (Å²) in [5, 5.41) is 14.7. The molecule has 8 heteroatoms. The first-order chi connectivity index (χ1) is 15.5. The van der Waals surface area contributed by atoms with Crippen LogP contribution >= 0.6 is 0 Å². The average Bonchev–Trinajstić information content (AvgIpc) is 2.80. The molecule has 0 saturated carbocycles. The number of hydrazone groups is 1. The van der Waals surface area contributed by atoms with Gasteiger partial charge < -0.3 is 9.47 Å². The molecular weight excluding hydrogens is 410 g/mol. The fourth-order valence-electron chi connectivity index (χ4n) is 2.87. The molecule has 0 saturated heterocycles. The van der Waals surface area contributed by atoms with Crippen LogP contribution < -0.4 is 14.9 Å². The molecule has 1 N–H and O–H groups in total. The monoisotopic (exact) mass is 433 g/mol. The lowest BCUT2D eigenvalue weighted by atomic mass is 10.1. The first-order valence-electron chi connectivity index (χ1n) is 10.0. The van der Waals surface area contributed by atoms with Gasteiger partial charge in [-0.05, 0) is 41.8 Å². The fraction of sp³-hybridized carbons (Fsp3) is 0.167. The van der Waals surface area contributed by atoms with Crippen LogP contribution in [0.4, 0.5) is 5.69 Å². The molecule has 3 rings (SSSR count). The summed E-state index contributed by atoms with van der Waals surface area (Å²) in [6.07, 6.45) is 1.57. The summed E-state index contributed by atoms with van der Waals surface area (Å²) in [6, 6.07) is 21.1. The average molecular weight is 433 g/mol. The molecule has 0 radical (unpaired) electrons. The van der Waals surface area contributed by atoms with Crippen molar-refractivity contribution in [2.45, 2.75) is 20.0 Å². The number of nitro benzene ring substituents is 1. The Kier molecular flexibility index (Phi) is 7.91. The molecule has 0 aromatic heterocycles. The van der Waals surface area contributed by atoms with E-state index < -0.39 is 4.92 Å². The Morgan fingerprint density at radius 1 is 1.00 bits per heavy atom. The van der Waals surface area contributed by atoms with Crippen molar-refractivity contribution in [1.82, 2.24) is 5.43 Å². The summed E-state index contributed by atoms with van der Waals surface area (Å²) in [6.45, 7) is 2.79. The number of nitrogens with one attached hydrogen (secondary N) is 1. The van der Waals surface area contributed by atoms with Gasteiger partial charge in [0.25, 0.3) is 5.69 Å². The largest absolute Gasteiger partial charge is 0.490 e. The highest BCUT2D eigenvalue weighted by molar-refractivity contribution is 5.84. The molecular formula is C24H23N3O5. The van der Waals surface area contributed by atoms with E-state index in [1.165, 1.54) is 18.3 Å². The van der Waals surface area contributed by atoms with E-state index in [-0.39, 0.29) is 18.0 Å². The Hall–Kier alpha value is -4.20. The van der Waals surface area contributed by atoms with Gasteiger partial charge in [-0.1, -0.05) is 42.5 Å². The van der Waals surface area contributed by atoms with E-state index in [9.17, 15) is 14.9 Å². The van der Waals surface area contributed by atoms with E-state index >= 15 is 0 Å². The van der Waals surface area contributed by atoms with E-state index in [0.29, 0.717) is 30.3 Å². The van der Waals surface area contributed by atoms with Gasteiger partial charge in [-0.2, -0.15) is 5.10 Å². The lowest BCUT2D eigenvalue weighted by molar-refractivity contribution is -0.384. The van der Waals surface area contributed by atoms with Gasteiger partial charge in [-0.15, -0.1) is 0 Å². The number of carbonyl (C=O) groups is 1. The van der Waals surface area contributed by atoms with E-state index in [4.69, 9.17) is 9.47 Å². The number of non-ortho nitro benzene ring substituents is 1. The standard InChI is InChI=1S/C24H23N3O5/c1-2-31-23-14-20(10-13-22(23)32-17-19-6-4-3-5-7-19)16-25-26-24(28)15-18-8-11-21(12-9-18)27(29)30/h3-14,16H,2,15,17H2,1H3,(H,26,28)/b25-16-. The van der Waals surface area contributed by atoms with Crippen LogP contribution in [0.3, 0.4) is 0 Å². The van der Waals surface area contributed by atoms with Gasteiger partial charge in [0.15, 0.2) is 11.5 Å². The molecule has 0 bridgehead atoms. The number of ether oxygens (including phenoxy) is 2. The Labute approximate surface area is 185 Å². The molecule has 0 fully saturated rings. The fourth-order valence-corrected chi connectivity index (χ4v) is 2.87. The molecule has 164 valence electrons. The van der Waals surface area contributed by atoms with Crippen molar-refractivity contribution < 1.29 is 19.2 Å². The minimum absolute atomic E-state index is 0.0199. The summed E-state index contributed by atoms with van der Waals surface area (Å²) in [4.78, 5) is 22.3. The second-order valence-electron chi connectivity index (χ2n) is 6.81. The van der Waals surface area contributed by atoms with Gasteiger partial charge in [0, 0.05) is 12.1 Å². The Bertz CT molecular complexity index is 1080. The second kappa shape index (κ2) is 11.3. The molecule has 0 spiro atoms. The van der Waals surface area contributed by atoms with Gasteiger partial charge in [0.05, 0.1) is 24.2 Å². The molecule has 3 aromatic rings. The van der Waals surface area contributed by atoms with Crippen LogP contribution in [0.5, 0.6) is 11.5 Å². The lowest BCUT2D eigenvalue weighted by Gasteiger charge is -2.12. The van der Waals surface area contributed by atoms with E-state index in [0.717, 1.165) is 11.1 Å². The Morgan fingerprint density at radius 2 is 1.75 bits per heavy atom. The van der Waals surface area contributed by atoms with E-state index in [2.05, 4.69) is 10.5 Å². The van der Waals surface area contributed by atoms with E-state index in [1.807, 2.05) is 43.3 Å². The maximum Gasteiger partial charge on any atom is 0.269 e. The molecule has 3 aromatic carbocycles. The molecule has 1 amide bonds. The highest BCUT2D eigenvalue weighted by Crippen LogP contribution is 2.28. The lowest BCUT2D eigenvalue weighted by Crippen LogP contribution is -2.19. The smallest absolute Gasteiger partial charge is 0.269 e. The SMILES string of the molecule is CCOc1cc(/C=N\NC(=O)Cc2ccc([N+](=O)[O-])cc2)ccc1OCc1ccccc1. The maximum absolute atomic E-state index is 12.1. The first kappa shape index (κ1) is 22.5. The number of carbonyl (C=O) groups excluding carboxylic acids is 1. The van der Waals surface area contributed by atoms with Crippen molar-refractivity contribution >= 4 is 17.8 Å². The molecule has 0 aliphatic heterocycles. The minimum Gasteiger partial charge on any atom is -0.490 e. The van der Waals surface area contributed by atoms with Gasteiger partial charge in [0.2, 0.25) is 5.91 Å². The predicted octanol–water partition coefficient (Wildman–Crippen LogP) is 4.27. The number of hydrogen-bond donors (Lipinski definition) is 1. The van der Waals surface area contributed by atoms with Crippen molar-refractivity contribution in [3.63, 3.8) is 0 Å².